The maximum atomic E-state index is 12.2. The van der Waals surface area contributed by atoms with Gasteiger partial charge in [-0.05, 0) is 49.9 Å². The summed E-state index contributed by atoms with van der Waals surface area (Å²) in [5, 5.41) is 3.61. The Hall–Kier alpha value is -2.13. The van der Waals surface area contributed by atoms with Gasteiger partial charge in [0.1, 0.15) is 6.61 Å². The first-order chi connectivity index (χ1) is 12.1. The normalized spacial score (nSPS) is 14.6. The lowest BCUT2D eigenvalue weighted by atomic mass is 10.1. The predicted octanol–water partition coefficient (Wildman–Crippen LogP) is 4.69. The van der Waals surface area contributed by atoms with Crippen LogP contribution in [0, 0.1) is 13.8 Å². The van der Waals surface area contributed by atoms with E-state index in [1.807, 2.05) is 38.1 Å². The van der Waals surface area contributed by atoms with E-state index < -0.39 is 0 Å². The molecule has 132 valence electrons. The predicted molar refractivity (Wildman–Crippen MR) is 101 cm³/mol. The highest BCUT2D eigenvalue weighted by Gasteiger charge is 2.13. The molecule has 0 unspecified atom stereocenters. The van der Waals surface area contributed by atoms with Gasteiger partial charge in [-0.2, -0.15) is 0 Å². The summed E-state index contributed by atoms with van der Waals surface area (Å²) >= 11 is 0. The van der Waals surface area contributed by atoms with Crippen LogP contribution in [-0.2, 0) is 17.9 Å². The standard InChI is InChI=1S/C22H27NO2/c1-16-11-17(2)13-20(12-16)22(24)25-15-19-9-7-18(8-10-19)14-23-21-5-3-4-6-21/h7-13,21,23H,3-6,14-15H2,1-2H3. The Morgan fingerprint density at radius 2 is 1.60 bits per heavy atom. The van der Waals surface area contributed by atoms with Gasteiger partial charge in [-0.3, -0.25) is 0 Å². The molecule has 1 saturated carbocycles. The Morgan fingerprint density at radius 1 is 1.00 bits per heavy atom. The molecule has 1 fully saturated rings. The number of benzene rings is 2. The van der Waals surface area contributed by atoms with E-state index in [0.29, 0.717) is 18.2 Å². The molecule has 2 aromatic carbocycles. The third-order valence-corrected chi connectivity index (χ3v) is 4.80. The molecule has 0 spiro atoms. The molecular weight excluding hydrogens is 310 g/mol. The zero-order valence-corrected chi connectivity index (χ0v) is 15.2. The van der Waals surface area contributed by atoms with Crippen LogP contribution in [0.1, 0.15) is 58.3 Å². The molecule has 0 aromatic heterocycles. The lowest BCUT2D eigenvalue weighted by Gasteiger charge is -2.12. The van der Waals surface area contributed by atoms with Gasteiger partial charge in [-0.1, -0.05) is 54.3 Å². The fraction of sp³-hybridized carbons (Fsp3) is 0.409. The van der Waals surface area contributed by atoms with Crippen molar-refractivity contribution in [1.82, 2.24) is 5.32 Å². The highest BCUT2D eigenvalue weighted by Crippen LogP contribution is 2.18. The molecule has 3 nitrogen and oxygen atoms in total. The molecule has 1 aliphatic rings. The van der Waals surface area contributed by atoms with Crippen LogP contribution in [0.4, 0.5) is 0 Å². The lowest BCUT2D eigenvalue weighted by Crippen LogP contribution is -2.25. The second kappa shape index (κ2) is 8.30. The Labute approximate surface area is 150 Å². The number of carbonyl (C=O) groups excluding carboxylic acids is 1. The van der Waals surface area contributed by atoms with Crippen LogP contribution in [0.2, 0.25) is 0 Å². The van der Waals surface area contributed by atoms with Gasteiger partial charge in [0.2, 0.25) is 0 Å². The van der Waals surface area contributed by atoms with E-state index in [4.69, 9.17) is 4.74 Å². The van der Waals surface area contributed by atoms with Crippen molar-refractivity contribution in [3.05, 3.63) is 70.3 Å². The van der Waals surface area contributed by atoms with E-state index in [2.05, 4.69) is 23.5 Å². The third-order valence-electron chi connectivity index (χ3n) is 4.80. The van der Waals surface area contributed by atoms with E-state index in [-0.39, 0.29) is 5.97 Å². The molecule has 3 heteroatoms. The summed E-state index contributed by atoms with van der Waals surface area (Å²) in [6.07, 6.45) is 5.30. The van der Waals surface area contributed by atoms with Crippen molar-refractivity contribution in [2.45, 2.75) is 58.7 Å². The van der Waals surface area contributed by atoms with Gasteiger partial charge in [-0.25, -0.2) is 4.79 Å². The summed E-state index contributed by atoms with van der Waals surface area (Å²) in [4.78, 5) is 12.2. The zero-order valence-electron chi connectivity index (χ0n) is 15.2. The monoisotopic (exact) mass is 337 g/mol. The van der Waals surface area contributed by atoms with E-state index in [9.17, 15) is 4.79 Å². The largest absolute Gasteiger partial charge is 0.457 e. The minimum Gasteiger partial charge on any atom is -0.457 e. The fourth-order valence-electron chi connectivity index (χ4n) is 3.47. The van der Waals surface area contributed by atoms with Crippen molar-refractivity contribution in [1.29, 1.82) is 0 Å². The van der Waals surface area contributed by atoms with Crippen molar-refractivity contribution in [2.75, 3.05) is 0 Å². The maximum Gasteiger partial charge on any atom is 0.338 e. The Morgan fingerprint density at radius 3 is 2.24 bits per heavy atom. The molecule has 0 heterocycles. The average Bonchev–Trinajstić information content (AvgIpc) is 3.11. The van der Waals surface area contributed by atoms with E-state index in [0.717, 1.165) is 23.2 Å². The van der Waals surface area contributed by atoms with Crippen LogP contribution in [-0.4, -0.2) is 12.0 Å². The number of rotatable bonds is 6. The van der Waals surface area contributed by atoms with Crippen LogP contribution in [0.15, 0.2) is 42.5 Å². The SMILES string of the molecule is Cc1cc(C)cc(C(=O)OCc2ccc(CNC3CCCC3)cc2)c1. The second-order valence-electron chi connectivity index (χ2n) is 7.13. The molecule has 3 rings (SSSR count). The maximum absolute atomic E-state index is 12.2. The van der Waals surface area contributed by atoms with Gasteiger partial charge in [0.15, 0.2) is 0 Å². The fourth-order valence-corrected chi connectivity index (χ4v) is 3.47. The van der Waals surface area contributed by atoms with Gasteiger partial charge in [0.05, 0.1) is 5.56 Å². The number of hydrogen-bond donors (Lipinski definition) is 1. The molecule has 0 amide bonds. The first-order valence-corrected chi connectivity index (χ1v) is 9.17. The topological polar surface area (TPSA) is 38.3 Å². The van der Waals surface area contributed by atoms with E-state index in [1.165, 1.54) is 31.2 Å². The summed E-state index contributed by atoms with van der Waals surface area (Å²) in [6.45, 7) is 5.19. The first kappa shape index (κ1) is 17.7. The number of carbonyl (C=O) groups is 1. The number of aryl methyl sites for hydroxylation is 2. The van der Waals surface area contributed by atoms with E-state index in [1.54, 1.807) is 0 Å². The summed E-state index contributed by atoms with van der Waals surface area (Å²) in [5.74, 6) is -0.265. The quantitative estimate of drug-likeness (QED) is 0.777. The molecule has 0 radical (unpaired) electrons. The molecule has 0 aliphatic heterocycles. The van der Waals surface area contributed by atoms with Gasteiger partial charge in [0, 0.05) is 12.6 Å². The second-order valence-corrected chi connectivity index (χ2v) is 7.13. The smallest absolute Gasteiger partial charge is 0.338 e. The lowest BCUT2D eigenvalue weighted by molar-refractivity contribution is 0.0472. The highest BCUT2D eigenvalue weighted by molar-refractivity contribution is 5.89. The average molecular weight is 337 g/mol. The van der Waals surface area contributed by atoms with Crippen LogP contribution < -0.4 is 5.32 Å². The van der Waals surface area contributed by atoms with Gasteiger partial charge < -0.3 is 10.1 Å². The molecule has 0 bridgehead atoms. The summed E-state index contributed by atoms with van der Waals surface area (Å²) in [6, 6.07) is 14.8. The van der Waals surface area contributed by atoms with E-state index >= 15 is 0 Å². The first-order valence-electron chi connectivity index (χ1n) is 9.17. The third kappa shape index (κ3) is 5.17. The molecule has 1 aliphatic carbocycles. The van der Waals surface area contributed by atoms with Crippen LogP contribution in [0.3, 0.4) is 0 Å². The van der Waals surface area contributed by atoms with Gasteiger partial charge in [-0.15, -0.1) is 0 Å². The molecule has 25 heavy (non-hydrogen) atoms. The van der Waals surface area contributed by atoms with Gasteiger partial charge in [0.25, 0.3) is 0 Å². The summed E-state index contributed by atoms with van der Waals surface area (Å²) in [5.41, 5.74) is 5.06. The number of hydrogen-bond acceptors (Lipinski definition) is 3. The molecule has 1 N–H and O–H groups in total. The van der Waals surface area contributed by atoms with Crippen LogP contribution >= 0.6 is 0 Å². The van der Waals surface area contributed by atoms with Crippen molar-refractivity contribution in [2.24, 2.45) is 0 Å². The minimum absolute atomic E-state index is 0.265. The Balaban J connectivity index is 1.50. The number of ether oxygens (including phenoxy) is 1. The molecule has 0 atom stereocenters. The molecular formula is C22H27NO2. The Bertz CT molecular complexity index is 695. The summed E-state index contributed by atoms with van der Waals surface area (Å²) < 4.78 is 5.45. The minimum atomic E-state index is -0.265. The molecule has 2 aromatic rings. The highest BCUT2D eigenvalue weighted by atomic mass is 16.5. The zero-order chi connectivity index (χ0) is 17.6. The summed E-state index contributed by atoms with van der Waals surface area (Å²) in [7, 11) is 0. The van der Waals surface area contributed by atoms with Crippen LogP contribution in [0.5, 0.6) is 0 Å². The van der Waals surface area contributed by atoms with Crippen molar-refractivity contribution < 1.29 is 9.53 Å². The van der Waals surface area contributed by atoms with Crippen LogP contribution in [0.25, 0.3) is 0 Å². The van der Waals surface area contributed by atoms with Crippen molar-refractivity contribution >= 4 is 5.97 Å². The molecule has 0 saturated heterocycles. The van der Waals surface area contributed by atoms with Gasteiger partial charge >= 0.3 is 5.97 Å². The number of esters is 1. The van der Waals surface area contributed by atoms with Crippen molar-refractivity contribution in [3.63, 3.8) is 0 Å². The number of nitrogens with one attached hydrogen (secondary N) is 1. The Kier molecular flexibility index (Phi) is 5.87. The van der Waals surface area contributed by atoms with Crippen molar-refractivity contribution in [3.8, 4) is 0 Å².